The normalized spacial score (nSPS) is 15.6. The highest BCUT2D eigenvalue weighted by Gasteiger charge is 2.42. The topological polar surface area (TPSA) is 38.3 Å². The molecule has 2 aromatic rings. The van der Waals surface area contributed by atoms with Crippen molar-refractivity contribution < 1.29 is 9.53 Å². The number of halogens is 2. The number of carbonyl (C=O) groups excluding carboxylic acids is 1. The lowest BCUT2D eigenvalue weighted by Gasteiger charge is -2.37. The van der Waals surface area contributed by atoms with Crippen LogP contribution in [0.5, 0.6) is 5.75 Å². The van der Waals surface area contributed by atoms with E-state index >= 15 is 0 Å². The van der Waals surface area contributed by atoms with Crippen LogP contribution in [-0.2, 0) is 10.2 Å². The molecule has 0 spiro atoms. The zero-order valence-corrected chi connectivity index (χ0v) is 19.6. The van der Waals surface area contributed by atoms with Crippen molar-refractivity contribution in [1.82, 2.24) is 0 Å². The number of unbranched alkanes of at least 4 members (excludes halogenated alkanes) is 1. The minimum absolute atomic E-state index is 0.00451. The minimum atomic E-state index is -0.627. The van der Waals surface area contributed by atoms with E-state index in [-0.39, 0.29) is 5.91 Å². The van der Waals surface area contributed by atoms with Crippen molar-refractivity contribution >= 4 is 34.8 Å². The summed E-state index contributed by atoms with van der Waals surface area (Å²) in [5.41, 5.74) is 3.11. The summed E-state index contributed by atoms with van der Waals surface area (Å²) >= 11 is 12.7. The van der Waals surface area contributed by atoms with Crippen LogP contribution in [0, 0.1) is 13.8 Å². The van der Waals surface area contributed by atoms with Crippen molar-refractivity contribution in [2.24, 2.45) is 0 Å². The molecule has 1 saturated carbocycles. The molecule has 0 unspecified atom stereocenters. The van der Waals surface area contributed by atoms with E-state index < -0.39 is 5.41 Å². The van der Waals surface area contributed by atoms with E-state index in [0.29, 0.717) is 16.7 Å². The molecular weight excluding hydrogens is 417 g/mol. The van der Waals surface area contributed by atoms with Crippen LogP contribution >= 0.6 is 23.2 Å². The molecular formula is C25H31Cl2NO2. The van der Waals surface area contributed by atoms with Crippen LogP contribution in [-0.4, -0.2) is 12.5 Å². The second-order valence-corrected chi connectivity index (χ2v) is 9.21. The van der Waals surface area contributed by atoms with Gasteiger partial charge < -0.3 is 10.1 Å². The summed E-state index contributed by atoms with van der Waals surface area (Å²) in [7, 11) is 0. The van der Waals surface area contributed by atoms with Crippen LogP contribution in [0.25, 0.3) is 0 Å². The lowest BCUT2D eigenvalue weighted by molar-refractivity contribution is -0.122. The van der Waals surface area contributed by atoms with Crippen molar-refractivity contribution in [3.05, 3.63) is 57.1 Å². The zero-order valence-electron chi connectivity index (χ0n) is 18.1. The van der Waals surface area contributed by atoms with Gasteiger partial charge in [-0.25, -0.2) is 0 Å². The second-order valence-electron chi connectivity index (χ2n) is 8.36. The third-order valence-electron chi connectivity index (χ3n) is 6.05. The fraction of sp³-hybridized carbons (Fsp3) is 0.480. The molecule has 5 heteroatoms. The number of aryl methyl sites for hydroxylation is 2. The van der Waals surface area contributed by atoms with Gasteiger partial charge in [0.1, 0.15) is 5.75 Å². The zero-order chi connectivity index (χ0) is 21.7. The summed E-state index contributed by atoms with van der Waals surface area (Å²) in [4.78, 5) is 13.6. The number of hydrogen-bond acceptors (Lipinski definition) is 2. The molecule has 0 heterocycles. The Bertz CT molecular complexity index is 881. The van der Waals surface area contributed by atoms with Gasteiger partial charge in [-0.1, -0.05) is 61.9 Å². The summed E-state index contributed by atoms with van der Waals surface area (Å²) in [5, 5.41) is 4.33. The number of hydrogen-bond donors (Lipinski definition) is 1. The minimum Gasteiger partial charge on any atom is -0.493 e. The summed E-state index contributed by atoms with van der Waals surface area (Å²) < 4.78 is 5.96. The molecule has 1 aliphatic rings. The van der Waals surface area contributed by atoms with Crippen LogP contribution in [0.4, 0.5) is 5.69 Å². The fourth-order valence-electron chi connectivity index (χ4n) is 4.47. The Labute approximate surface area is 190 Å². The Kier molecular flexibility index (Phi) is 7.70. The number of amides is 1. The van der Waals surface area contributed by atoms with Gasteiger partial charge in [0.05, 0.1) is 12.0 Å². The molecule has 0 radical (unpaired) electrons. The third kappa shape index (κ3) is 4.95. The van der Waals surface area contributed by atoms with Crippen molar-refractivity contribution in [1.29, 1.82) is 0 Å². The van der Waals surface area contributed by atoms with Gasteiger partial charge in [0.25, 0.3) is 0 Å². The second kappa shape index (κ2) is 10.1. The lowest BCUT2D eigenvalue weighted by atomic mass is 9.68. The van der Waals surface area contributed by atoms with Gasteiger partial charge in [-0.05, 0) is 74.1 Å². The predicted octanol–water partition coefficient (Wildman–Crippen LogP) is 7.63. The monoisotopic (exact) mass is 447 g/mol. The SMILES string of the molecule is CCCCOc1c(C)cc(NC(=O)C2(c3ccc(Cl)cc3Cl)CCCCC2)cc1C. The molecule has 2 aromatic carbocycles. The summed E-state index contributed by atoms with van der Waals surface area (Å²) in [6.45, 7) is 6.91. The van der Waals surface area contributed by atoms with Gasteiger partial charge in [0.15, 0.2) is 0 Å². The molecule has 0 atom stereocenters. The molecule has 162 valence electrons. The molecule has 0 aliphatic heterocycles. The first-order valence-corrected chi connectivity index (χ1v) is 11.6. The largest absolute Gasteiger partial charge is 0.493 e. The molecule has 30 heavy (non-hydrogen) atoms. The van der Waals surface area contributed by atoms with Gasteiger partial charge in [0, 0.05) is 15.7 Å². The van der Waals surface area contributed by atoms with Gasteiger partial charge in [-0.15, -0.1) is 0 Å². The highest BCUT2D eigenvalue weighted by Crippen LogP contribution is 2.44. The van der Waals surface area contributed by atoms with Crippen molar-refractivity contribution in [2.45, 2.75) is 71.1 Å². The Morgan fingerprint density at radius 1 is 1.07 bits per heavy atom. The molecule has 1 fully saturated rings. The van der Waals surface area contributed by atoms with E-state index in [4.69, 9.17) is 27.9 Å². The number of carbonyl (C=O) groups is 1. The maximum absolute atomic E-state index is 13.6. The van der Waals surface area contributed by atoms with E-state index in [1.807, 2.05) is 38.1 Å². The van der Waals surface area contributed by atoms with Crippen LogP contribution < -0.4 is 10.1 Å². The summed E-state index contributed by atoms with van der Waals surface area (Å²) in [5.74, 6) is 0.916. The van der Waals surface area contributed by atoms with Gasteiger partial charge in [-0.3, -0.25) is 4.79 Å². The third-order valence-corrected chi connectivity index (χ3v) is 6.60. The van der Waals surface area contributed by atoms with Gasteiger partial charge >= 0.3 is 0 Å². The molecule has 3 rings (SSSR count). The average molecular weight is 448 g/mol. The number of rotatable bonds is 7. The highest BCUT2D eigenvalue weighted by molar-refractivity contribution is 6.35. The summed E-state index contributed by atoms with van der Waals surface area (Å²) in [6.07, 6.45) is 6.86. The van der Waals surface area contributed by atoms with E-state index in [9.17, 15) is 4.79 Å². The molecule has 0 bridgehead atoms. The molecule has 0 aromatic heterocycles. The van der Waals surface area contributed by atoms with Crippen LogP contribution in [0.1, 0.15) is 68.6 Å². The van der Waals surface area contributed by atoms with E-state index in [1.165, 1.54) is 0 Å². The fourth-order valence-corrected chi connectivity index (χ4v) is 5.06. The number of nitrogens with one attached hydrogen (secondary N) is 1. The Morgan fingerprint density at radius 3 is 2.33 bits per heavy atom. The van der Waals surface area contributed by atoms with Crippen molar-refractivity contribution in [2.75, 3.05) is 11.9 Å². The smallest absolute Gasteiger partial charge is 0.235 e. The molecule has 1 aliphatic carbocycles. The van der Waals surface area contributed by atoms with Crippen molar-refractivity contribution in [3.63, 3.8) is 0 Å². The first-order chi connectivity index (χ1) is 14.4. The number of benzene rings is 2. The van der Waals surface area contributed by atoms with Crippen LogP contribution in [0.15, 0.2) is 30.3 Å². The quantitative estimate of drug-likeness (QED) is 0.442. The predicted molar refractivity (Wildman–Crippen MR) is 126 cm³/mol. The Hall–Kier alpha value is -1.71. The van der Waals surface area contributed by atoms with E-state index in [2.05, 4.69) is 12.2 Å². The average Bonchev–Trinajstić information content (AvgIpc) is 2.70. The highest BCUT2D eigenvalue weighted by atomic mass is 35.5. The first kappa shape index (κ1) is 23.0. The Balaban J connectivity index is 1.88. The molecule has 0 saturated heterocycles. The van der Waals surface area contributed by atoms with Gasteiger partial charge in [-0.2, -0.15) is 0 Å². The van der Waals surface area contributed by atoms with Crippen LogP contribution in [0.2, 0.25) is 10.0 Å². The maximum atomic E-state index is 13.6. The molecule has 1 amide bonds. The number of anilines is 1. The number of ether oxygens (including phenoxy) is 1. The van der Waals surface area contributed by atoms with Crippen molar-refractivity contribution in [3.8, 4) is 5.75 Å². The van der Waals surface area contributed by atoms with Crippen LogP contribution in [0.3, 0.4) is 0 Å². The maximum Gasteiger partial charge on any atom is 0.235 e. The van der Waals surface area contributed by atoms with E-state index in [0.717, 1.165) is 73.1 Å². The Morgan fingerprint density at radius 2 is 1.73 bits per heavy atom. The summed E-state index contributed by atoms with van der Waals surface area (Å²) in [6, 6.07) is 9.46. The molecule has 3 nitrogen and oxygen atoms in total. The standard InChI is InChI=1S/C25H31Cl2NO2/c1-4-5-13-30-23-17(2)14-20(15-18(23)3)28-24(29)25(11-7-6-8-12-25)21-10-9-19(26)16-22(21)27/h9-10,14-16H,4-8,11-13H2,1-3H3,(H,28,29). The van der Waals surface area contributed by atoms with E-state index in [1.54, 1.807) is 6.07 Å². The molecule has 1 N–H and O–H groups in total. The lowest BCUT2D eigenvalue weighted by Crippen LogP contribution is -2.42. The first-order valence-electron chi connectivity index (χ1n) is 10.9. The van der Waals surface area contributed by atoms with Gasteiger partial charge in [0.2, 0.25) is 5.91 Å².